The number of aromatic amines is 2. The predicted octanol–water partition coefficient (Wildman–Crippen LogP) is 1.19. The molecular weight excluding hydrogens is 390 g/mol. The van der Waals surface area contributed by atoms with Crippen LogP contribution in [-0.4, -0.2) is 35.2 Å². The maximum absolute atomic E-state index is 12.3. The molecule has 0 aliphatic rings. The Morgan fingerprint density at radius 2 is 1.76 bits per heavy atom. The average molecular weight is 404 g/mol. The lowest BCUT2D eigenvalue weighted by atomic mass is 10.1. The van der Waals surface area contributed by atoms with Gasteiger partial charge in [-0.2, -0.15) is 8.78 Å². The summed E-state index contributed by atoms with van der Waals surface area (Å²) in [5.41, 5.74) is -1.02. The van der Waals surface area contributed by atoms with E-state index in [1.807, 2.05) is 0 Å². The van der Waals surface area contributed by atoms with Gasteiger partial charge in [0.2, 0.25) is 5.91 Å². The lowest BCUT2D eigenvalue weighted by molar-refractivity contribution is -0.115. The molecule has 150 valence electrons. The molecule has 0 saturated carbocycles. The number of nitrogens with one attached hydrogen (secondary N) is 4. The molecule has 3 aromatic rings. The van der Waals surface area contributed by atoms with Gasteiger partial charge in [-0.1, -0.05) is 12.1 Å². The van der Waals surface area contributed by atoms with E-state index >= 15 is 0 Å². The second-order valence-electron chi connectivity index (χ2n) is 5.77. The summed E-state index contributed by atoms with van der Waals surface area (Å²) in [6.45, 7) is -3.49. The second-order valence-corrected chi connectivity index (χ2v) is 5.77. The van der Waals surface area contributed by atoms with Gasteiger partial charge in [0, 0.05) is 5.56 Å². The van der Waals surface area contributed by atoms with Crippen molar-refractivity contribution in [1.82, 2.24) is 15.5 Å². The van der Waals surface area contributed by atoms with Crippen molar-refractivity contribution in [3.05, 3.63) is 68.7 Å². The van der Waals surface area contributed by atoms with E-state index in [-0.39, 0.29) is 27.8 Å². The molecule has 9 nitrogen and oxygen atoms in total. The molecule has 0 aliphatic heterocycles. The fourth-order valence-electron chi connectivity index (χ4n) is 2.60. The molecular formula is C18H14F2N4O5. The first-order chi connectivity index (χ1) is 13.8. The zero-order valence-corrected chi connectivity index (χ0v) is 14.6. The molecule has 0 radical (unpaired) electrons. The summed E-state index contributed by atoms with van der Waals surface area (Å²) in [7, 11) is 0. The average Bonchev–Trinajstić information content (AvgIpc) is 2.69. The standard InChI is InChI=1S/C18H14F2N4O5/c19-18(20)29-10-4-1-3-9(7-10)15(26)21-8-13(25)22-12-6-2-5-11-14(12)17(28)24-23-16(11)27/h1-7,18H,8H2,(H,21,26)(H,22,25)(H,23,27)(H,24,28). The fourth-order valence-corrected chi connectivity index (χ4v) is 2.60. The van der Waals surface area contributed by atoms with E-state index in [2.05, 4.69) is 25.6 Å². The van der Waals surface area contributed by atoms with E-state index in [9.17, 15) is 28.0 Å². The van der Waals surface area contributed by atoms with Gasteiger partial charge in [0.05, 0.1) is 23.0 Å². The van der Waals surface area contributed by atoms with E-state index in [1.165, 1.54) is 36.4 Å². The van der Waals surface area contributed by atoms with Gasteiger partial charge >= 0.3 is 6.61 Å². The number of anilines is 1. The highest BCUT2D eigenvalue weighted by Crippen LogP contribution is 2.17. The summed E-state index contributed by atoms with van der Waals surface area (Å²) in [5, 5.41) is 9.20. The number of H-pyrrole nitrogens is 2. The number of hydrogen-bond acceptors (Lipinski definition) is 5. The number of carbonyl (C=O) groups excluding carboxylic acids is 2. The van der Waals surface area contributed by atoms with Gasteiger partial charge in [-0.15, -0.1) is 0 Å². The van der Waals surface area contributed by atoms with Crippen LogP contribution in [0.25, 0.3) is 10.8 Å². The zero-order chi connectivity index (χ0) is 21.0. The Morgan fingerprint density at radius 1 is 1.03 bits per heavy atom. The Hall–Kier alpha value is -4.02. The molecule has 0 fully saturated rings. The van der Waals surface area contributed by atoms with Crippen LogP contribution in [0.2, 0.25) is 0 Å². The largest absolute Gasteiger partial charge is 0.435 e. The number of rotatable bonds is 6. The highest BCUT2D eigenvalue weighted by molar-refractivity contribution is 6.04. The molecule has 29 heavy (non-hydrogen) atoms. The van der Waals surface area contributed by atoms with Crippen LogP contribution in [0.4, 0.5) is 14.5 Å². The number of aromatic nitrogens is 2. The summed E-state index contributed by atoms with van der Waals surface area (Å²) in [4.78, 5) is 48.0. The van der Waals surface area contributed by atoms with Crippen molar-refractivity contribution in [2.24, 2.45) is 0 Å². The highest BCUT2D eigenvalue weighted by Gasteiger charge is 2.13. The number of fused-ring (bicyclic) bond motifs is 1. The molecule has 0 atom stereocenters. The summed E-state index contributed by atoms with van der Waals surface area (Å²) >= 11 is 0. The Balaban J connectivity index is 1.69. The molecule has 3 rings (SSSR count). The van der Waals surface area contributed by atoms with E-state index < -0.39 is 36.1 Å². The van der Waals surface area contributed by atoms with Gasteiger partial charge in [0.25, 0.3) is 17.0 Å². The van der Waals surface area contributed by atoms with Crippen LogP contribution in [-0.2, 0) is 4.79 Å². The normalized spacial score (nSPS) is 10.7. The minimum Gasteiger partial charge on any atom is -0.435 e. The van der Waals surface area contributed by atoms with Crippen LogP contribution >= 0.6 is 0 Å². The van der Waals surface area contributed by atoms with Crippen molar-refractivity contribution in [1.29, 1.82) is 0 Å². The second kappa shape index (κ2) is 8.33. The third-order valence-corrected chi connectivity index (χ3v) is 3.83. The lowest BCUT2D eigenvalue weighted by Crippen LogP contribution is -2.33. The van der Waals surface area contributed by atoms with Crippen molar-refractivity contribution in [2.45, 2.75) is 6.61 Å². The highest BCUT2D eigenvalue weighted by atomic mass is 19.3. The van der Waals surface area contributed by atoms with Crippen LogP contribution in [0.3, 0.4) is 0 Å². The van der Waals surface area contributed by atoms with Crippen LogP contribution in [0, 0.1) is 0 Å². The number of hydrogen-bond donors (Lipinski definition) is 4. The Bertz CT molecular complexity index is 1190. The quantitative estimate of drug-likeness (QED) is 0.490. The number of alkyl halides is 2. The van der Waals surface area contributed by atoms with Gasteiger partial charge < -0.3 is 15.4 Å². The maximum atomic E-state index is 12.3. The van der Waals surface area contributed by atoms with Gasteiger partial charge in [0.15, 0.2) is 0 Å². The molecule has 0 unspecified atom stereocenters. The van der Waals surface area contributed by atoms with Gasteiger partial charge in [-0.3, -0.25) is 29.4 Å². The molecule has 1 heterocycles. The molecule has 0 saturated heterocycles. The molecule has 2 amide bonds. The maximum Gasteiger partial charge on any atom is 0.387 e. The third-order valence-electron chi connectivity index (χ3n) is 3.83. The van der Waals surface area contributed by atoms with Crippen LogP contribution < -0.4 is 26.5 Å². The van der Waals surface area contributed by atoms with Crippen molar-refractivity contribution in [3.8, 4) is 5.75 Å². The number of carbonyl (C=O) groups is 2. The SMILES string of the molecule is O=C(CNC(=O)c1cccc(OC(F)F)c1)Nc1cccc2c(=O)[nH][nH]c(=O)c12. The first-order valence-electron chi connectivity index (χ1n) is 8.22. The summed E-state index contributed by atoms with van der Waals surface area (Å²) in [6, 6.07) is 9.43. The molecule has 0 aliphatic carbocycles. The summed E-state index contributed by atoms with van der Waals surface area (Å²) < 4.78 is 28.7. The summed E-state index contributed by atoms with van der Waals surface area (Å²) in [6.07, 6.45) is 0. The lowest BCUT2D eigenvalue weighted by Gasteiger charge is -2.10. The van der Waals surface area contributed by atoms with E-state index in [0.717, 1.165) is 6.07 Å². The van der Waals surface area contributed by atoms with Crippen molar-refractivity contribution >= 4 is 28.3 Å². The number of amides is 2. The van der Waals surface area contributed by atoms with Crippen LogP contribution in [0.5, 0.6) is 5.75 Å². The predicted molar refractivity (Wildman–Crippen MR) is 99.2 cm³/mol. The zero-order valence-electron chi connectivity index (χ0n) is 14.6. The first kappa shape index (κ1) is 19.7. The van der Waals surface area contributed by atoms with Crippen molar-refractivity contribution in [3.63, 3.8) is 0 Å². The van der Waals surface area contributed by atoms with Crippen LogP contribution in [0.15, 0.2) is 52.1 Å². The number of ether oxygens (including phenoxy) is 1. The Labute approximate surface area is 160 Å². The van der Waals surface area contributed by atoms with Crippen molar-refractivity contribution in [2.75, 3.05) is 11.9 Å². The Kier molecular flexibility index (Phi) is 5.67. The molecule has 11 heteroatoms. The fraction of sp³-hybridized carbons (Fsp3) is 0.111. The van der Waals surface area contributed by atoms with E-state index in [0.29, 0.717) is 0 Å². The first-order valence-corrected chi connectivity index (χ1v) is 8.22. The topological polar surface area (TPSA) is 133 Å². The van der Waals surface area contributed by atoms with Gasteiger partial charge in [0.1, 0.15) is 5.75 Å². The van der Waals surface area contributed by atoms with E-state index in [1.54, 1.807) is 0 Å². The number of benzene rings is 2. The minimum atomic E-state index is -3.03. The van der Waals surface area contributed by atoms with Crippen LogP contribution in [0.1, 0.15) is 10.4 Å². The number of halogens is 2. The van der Waals surface area contributed by atoms with E-state index in [4.69, 9.17) is 0 Å². The molecule has 1 aromatic heterocycles. The smallest absolute Gasteiger partial charge is 0.387 e. The molecule has 4 N–H and O–H groups in total. The van der Waals surface area contributed by atoms with Gasteiger partial charge in [-0.25, -0.2) is 0 Å². The third kappa shape index (κ3) is 4.64. The molecule has 2 aromatic carbocycles. The monoisotopic (exact) mass is 404 g/mol. The minimum absolute atomic E-state index is 0.00669. The molecule has 0 bridgehead atoms. The van der Waals surface area contributed by atoms with Gasteiger partial charge in [-0.05, 0) is 30.3 Å². The Morgan fingerprint density at radius 3 is 2.52 bits per heavy atom. The summed E-state index contributed by atoms with van der Waals surface area (Å²) in [5.74, 6) is -1.55. The molecule has 0 spiro atoms. The van der Waals surface area contributed by atoms with Crippen molar-refractivity contribution < 1.29 is 23.1 Å².